The first-order valence-electron chi connectivity index (χ1n) is 4.40. The fraction of sp³-hybridized carbons (Fsp3) is 0.333. The summed E-state index contributed by atoms with van der Waals surface area (Å²) in [5.74, 6) is 0.340. The second-order valence-electron chi connectivity index (χ2n) is 3.02. The molecular weight excluding hydrogens is 298 g/mol. The van der Waals surface area contributed by atoms with Crippen molar-refractivity contribution >= 4 is 33.4 Å². The molecule has 0 spiro atoms. The van der Waals surface area contributed by atoms with Crippen LogP contribution in [0.25, 0.3) is 0 Å². The summed E-state index contributed by atoms with van der Waals surface area (Å²) in [6.45, 7) is -0.294. The highest BCUT2D eigenvalue weighted by Crippen LogP contribution is 2.31. The third kappa shape index (κ3) is 3.75. The van der Waals surface area contributed by atoms with Crippen molar-refractivity contribution in [2.45, 2.75) is 11.0 Å². The standard InChI is InChI=1S/C9H10BrNO4S/c10-8-3-6(11(14)15)1-2-9(8)16-5-7(13)4-12/h1-3,7,12-13H,4-5H2. The van der Waals surface area contributed by atoms with Crippen molar-refractivity contribution in [3.8, 4) is 0 Å². The first-order chi connectivity index (χ1) is 7.54. The summed E-state index contributed by atoms with van der Waals surface area (Å²) in [5, 5.41) is 28.3. The third-order valence-corrected chi connectivity index (χ3v) is 3.91. The summed E-state index contributed by atoms with van der Waals surface area (Å²) in [5.41, 5.74) is 0.0129. The molecule has 88 valence electrons. The summed E-state index contributed by atoms with van der Waals surface area (Å²) in [7, 11) is 0. The largest absolute Gasteiger partial charge is 0.394 e. The van der Waals surface area contributed by atoms with Crippen molar-refractivity contribution in [1.82, 2.24) is 0 Å². The van der Waals surface area contributed by atoms with Gasteiger partial charge in [-0.05, 0) is 22.0 Å². The molecule has 0 saturated heterocycles. The van der Waals surface area contributed by atoms with E-state index < -0.39 is 11.0 Å². The Morgan fingerprint density at radius 2 is 2.25 bits per heavy atom. The second kappa shape index (κ2) is 6.19. The molecule has 0 amide bonds. The maximum atomic E-state index is 10.5. The normalized spacial score (nSPS) is 12.4. The molecule has 1 aromatic carbocycles. The van der Waals surface area contributed by atoms with Crippen LogP contribution in [0.1, 0.15) is 0 Å². The third-order valence-electron chi connectivity index (χ3n) is 1.77. The molecule has 0 aromatic heterocycles. The second-order valence-corrected chi connectivity index (χ2v) is 4.94. The number of thioether (sulfide) groups is 1. The minimum Gasteiger partial charge on any atom is -0.394 e. The van der Waals surface area contributed by atoms with Gasteiger partial charge < -0.3 is 10.2 Å². The average molecular weight is 308 g/mol. The Bertz CT molecular complexity index is 388. The lowest BCUT2D eigenvalue weighted by atomic mass is 10.3. The Labute approximate surface area is 105 Å². The number of nitro benzene ring substituents is 1. The minimum absolute atomic E-state index is 0.0129. The summed E-state index contributed by atoms with van der Waals surface area (Å²) >= 11 is 4.54. The van der Waals surface area contributed by atoms with Crippen LogP contribution in [-0.2, 0) is 0 Å². The molecule has 5 nitrogen and oxygen atoms in total. The smallest absolute Gasteiger partial charge is 0.270 e. The molecule has 1 rings (SSSR count). The van der Waals surface area contributed by atoms with Crippen molar-refractivity contribution in [1.29, 1.82) is 0 Å². The highest BCUT2D eigenvalue weighted by Gasteiger charge is 2.10. The Morgan fingerprint density at radius 1 is 1.56 bits per heavy atom. The molecular formula is C9H10BrNO4S. The van der Waals surface area contributed by atoms with E-state index in [2.05, 4.69) is 15.9 Å². The Morgan fingerprint density at radius 3 is 2.75 bits per heavy atom. The molecule has 1 aromatic rings. The van der Waals surface area contributed by atoms with Crippen LogP contribution in [0.5, 0.6) is 0 Å². The lowest BCUT2D eigenvalue weighted by molar-refractivity contribution is -0.385. The van der Waals surface area contributed by atoms with Crippen LogP contribution < -0.4 is 0 Å². The zero-order valence-corrected chi connectivity index (χ0v) is 10.6. The van der Waals surface area contributed by atoms with Gasteiger partial charge in [0.1, 0.15) is 0 Å². The quantitative estimate of drug-likeness (QED) is 0.492. The highest BCUT2D eigenvalue weighted by molar-refractivity contribution is 9.10. The van der Waals surface area contributed by atoms with E-state index in [1.54, 1.807) is 6.07 Å². The Kier molecular flexibility index (Phi) is 5.20. The van der Waals surface area contributed by atoms with Crippen LogP contribution in [0.3, 0.4) is 0 Å². The van der Waals surface area contributed by atoms with Crippen LogP contribution in [-0.4, -0.2) is 33.6 Å². The number of aliphatic hydroxyl groups is 2. The van der Waals surface area contributed by atoms with E-state index in [1.165, 1.54) is 23.9 Å². The summed E-state index contributed by atoms with van der Waals surface area (Å²) in [6, 6.07) is 4.42. The fourth-order valence-corrected chi connectivity index (χ4v) is 2.51. The van der Waals surface area contributed by atoms with E-state index in [4.69, 9.17) is 10.2 Å². The molecule has 1 unspecified atom stereocenters. The molecule has 16 heavy (non-hydrogen) atoms. The first kappa shape index (κ1) is 13.4. The number of benzene rings is 1. The van der Waals surface area contributed by atoms with Gasteiger partial charge in [-0.25, -0.2) is 0 Å². The van der Waals surface area contributed by atoms with Crippen LogP contribution in [0.2, 0.25) is 0 Å². The number of rotatable bonds is 5. The summed E-state index contributed by atoms with van der Waals surface area (Å²) < 4.78 is 0.608. The number of aliphatic hydroxyl groups excluding tert-OH is 2. The average Bonchev–Trinajstić information content (AvgIpc) is 2.26. The maximum absolute atomic E-state index is 10.5. The van der Waals surface area contributed by atoms with Gasteiger partial charge in [-0.1, -0.05) is 0 Å². The minimum atomic E-state index is -0.785. The van der Waals surface area contributed by atoms with E-state index in [0.717, 1.165) is 4.90 Å². The molecule has 0 aliphatic carbocycles. The predicted molar refractivity (Wildman–Crippen MR) is 64.6 cm³/mol. The van der Waals surface area contributed by atoms with Gasteiger partial charge in [-0.2, -0.15) is 0 Å². The maximum Gasteiger partial charge on any atom is 0.270 e. The molecule has 7 heteroatoms. The molecule has 0 radical (unpaired) electrons. The monoisotopic (exact) mass is 307 g/mol. The molecule has 1 atom stereocenters. The molecule has 0 bridgehead atoms. The van der Waals surface area contributed by atoms with Gasteiger partial charge in [-0.15, -0.1) is 11.8 Å². The van der Waals surface area contributed by atoms with Gasteiger partial charge in [0.15, 0.2) is 0 Å². The van der Waals surface area contributed by atoms with Crippen molar-refractivity contribution in [3.05, 3.63) is 32.8 Å². The molecule has 0 aliphatic heterocycles. The van der Waals surface area contributed by atoms with Gasteiger partial charge in [0, 0.05) is 27.3 Å². The van der Waals surface area contributed by atoms with Crippen molar-refractivity contribution in [2.24, 2.45) is 0 Å². The fourth-order valence-electron chi connectivity index (χ4n) is 0.959. The molecule has 0 aliphatic rings. The van der Waals surface area contributed by atoms with Crippen LogP contribution in [0.4, 0.5) is 5.69 Å². The Hall–Kier alpha value is -0.630. The van der Waals surface area contributed by atoms with Gasteiger partial charge in [0.25, 0.3) is 5.69 Å². The topological polar surface area (TPSA) is 83.6 Å². The zero-order valence-electron chi connectivity index (χ0n) is 8.17. The lowest BCUT2D eigenvalue weighted by Gasteiger charge is -2.07. The van der Waals surface area contributed by atoms with Crippen LogP contribution in [0.15, 0.2) is 27.6 Å². The number of hydrogen-bond acceptors (Lipinski definition) is 5. The number of nitro groups is 1. The molecule has 2 N–H and O–H groups in total. The van der Waals surface area contributed by atoms with E-state index in [0.29, 0.717) is 10.2 Å². The molecule has 0 heterocycles. The van der Waals surface area contributed by atoms with E-state index in [9.17, 15) is 10.1 Å². The van der Waals surface area contributed by atoms with E-state index in [1.807, 2.05) is 0 Å². The summed E-state index contributed by atoms with van der Waals surface area (Å²) in [6.07, 6.45) is -0.785. The van der Waals surface area contributed by atoms with Gasteiger partial charge in [0.2, 0.25) is 0 Å². The van der Waals surface area contributed by atoms with Crippen molar-refractivity contribution in [2.75, 3.05) is 12.4 Å². The SMILES string of the molecule is O=[N+]([O-])c1ccc(SCC(O)CO)c(Br)c1. The van der Waals surface area contributed by atoms with Gasteiger partial charge in [-0.3, -0.25) is 10.1 Å². The molecule has 0 saturated carbocycles. The number of halogens is 1. The summed E-state index contributed by atoms with van der Waals surface area (Å²) in [4.78, 5) is 10.8. The van der Waals surface area contributed by atoms with Crippen molar-refractivity contribution < 1.29 is 15.1 Å². The predicted octanol–water partition coefficient (Wildman–Crippen LogP) is 1.80. The van der Waals surface area contributed by atoms with Gasteiger partial charge >= 0.3 is 0 Å². The number of nitrogens with zero attached hydrogens (tertiary/aromatic N) is 1. The van der Waals surface area contributed by atoms with Gasteiger partial charge in [0.05, 0.1) is 17.6 Å². The highest BCUT2D eigenvalue weighted by atomic mass is 79.9. The van der Waals surface area contributed by atoms with Crippen LogP contribution >= 0.6 is 27.7 Å². The Balaban J connectivity index is 2.72. The lowest BCUT2D eigenvalue weighted by Crippen LogP contribution is -2.14. The molecule has 0 fully saturated rings. The van der Waals surface area contributed by atoms with Crippen molar-refractivity contribution in [3.63, 3.8) is 0 Å². The number of non-ortho nitro benzene ring substituents is 1. The van der Waals surface area contributed by atoms with Crippen LogP contribution in [0, 0.1) is 10.1 Å². The number of hydrogen-bond donors (Lipinski definition) is 2. The first-order valence-corrected chi connectivity index (χ1v) is 6.18. The zero-order chi connectivity index (χ0) is 12.1. The van der Waals surface area contributed by atoms with E-state index in [-0.39, 0.29) is 12.3 Å². The van der Waals surface area contributed by atoms with E-state index >= 15 is 0 Å².